The average molecular weight is 319 g/mol. The van der Waals surface area contributed by atoms with E-state index in [1.807, 2.05) is 36.4 Å². The quantitative estimate of drug-likeness (QED) is 0.656. The zero-order valence-electron chi connectivity index (χ0n) is 12.4. The van der Waals surface area contributed by atoms with Crippen molar-refractivity contribution >= 4 is 17.6 Å². The summed E-state index contributed by atoms with van der Waals surface area (Å²) < 4.78 is 5.18. The highest BCUT2D eigenvalue weighted by atomic mass is 35.5. The molecule has 0 saturated carbocycles. The van der Waals surface area contributed by atoms with Crippen molar-refractivity contribution in [3.8, 4) is 0 Å². The van der Waals surface area contributed by atoms with Crippen LogP contribution in [0.25, 0.3) is 0 Å². The van der Waals surface area contributed by atoms with Crippen molar-refractivity contribution in [2.75, 3.05) is 6.61 Å². The van der Waals surface area contributed by atoms with Gasteiger partial charge < -0.3 is 9.84 Å². The first-order chi connectivity index (χ1) is 10.5. The number of rotatable bonds is 6. The van der Waals surface area contributed by atoms with E-state index in [1.54, 1.807) is 24.3 Å². The first-order valence-electron chi connectivity index (χ1n) is 7.14. The maximum absolute atomic E-state index is 12.0. The Hall–Kier alpha value is -1.84. The fraction of sp³-hybridized carbons (Fsp3) is 0.278. The summed E-state index contributed by atoms with van der Waals surface area (Å²) >= 11 is 6.11. The Kier molecular flexibility index (Phi) is 5.58. The minimum absolute atomic E-state index is 0.233. The van der Waals surface area contributed by atoms with Crippen LogP contribution in [-0.2, 0) is 21.6 Å². The Bertz CT molecular complexity index is 596. The smallest absolute Gasteiger partial charge is 0.327 e. The summed E-state index contributed by atoms with van der Waals surface area (Å²) in [6.07, 6.45) is 0.615. The van der Waals surface area contributed by atoms with E-state index in [-0.39, 0.29) is 6.61 Å². The van der Waals surface area contributed by atoms with E-state index in [1.165, 1.54) is 6.92 Å². The molecule has 1 N–H and O–H groups in total. The maximum Gasteiger partial charge on any atom is 0.327 e. The Labute approximate surface area is 135 Å². The molecule has 0 fully saturated rings. The third-order valence-electron chi connectivity index (χ3n) is 3.54. The van der Waals surface area contributed by atoms with Crippen LogP contribution in [0.4, 0.5) is 0 Å². The van der Waals surface area contributed by atoms with Gasteiger partial charge in [-0.3, -0.25) is 4.79 Å². The number of carbonyl (C=O) groups is 1. The lowest BCUT2D eigenvalue weighted by atomic mass is 9.92. The summed E-state index contributed by atoms with van der Waals surface area (Å²) in [6.45, 7) is 1.75. The highest BCUT2D eigenvalue weighted by Crippen LogP contribution is 2.29. The van der Waals surface area contributed by atoms with E-state index in [0.717, 1.165) is 5.56 Å². The molecule has 2 aromatic carbocycles. The molecule has 2 unspecified atom stereocenters. The van der Waals surface area contributed by atoms with Gasteiger partial charge in [-0.05, 0) is 18.1 Å². The minimum Gasteiger partial charge on any atom is -0.464 e. The number of ether oxygens (including phenoxy) is 1. The lowest BCUT2D eigenvalue weighted by Crippen LogP contribution is -2.39. The van der Waals surface area contributed by atoms with Crippen molar-refractivity contribution in [3.05, 3.63) is 71.8 Å². The van der Waals surface area contributed by atoms with Crippen LogP contribution in [0.5, 0.6) is 0 Å². The molecule has 0 spiro atoms. The third kappa shape index (κ3) is 4.09. The summed E-state index contributed by atoms with van der Waals surface area (Å²) in [6, 6.07) is 18.6. The maximum atomic E-state index is 12.0. The molecule has 0 heterocycles. The number of hydrogen-bond acceptors (Lipinski definition) is 3. The Morgan fingerprint density at radius 2 is 1.68 bits per heavy atom. The number of esters is 1. The second kappa shape index (κ2) is 7.43. The standard InChI is InChI=1S/C18H19ClO3/c1-18(21,15-10-6-3-7-11-15)16(19)17(20)22-13-12-14-8-4-2-5-9-14/h2-11,16,21H,12-13H2,1H3. The highest BCUT2D eigenvalue weighted by molar-refractivity contribution is 6.30. The molecule has 2 aromatic rings. The lowest BCUT2D eigenvalue weighted by Gasteiger charge is -2.27. The Morgan fingerprint density at radius 1 is 1.14 bits per heavy atom. The minimum atomic E-state index is -1.48. The SMILES string of the molecule is CC(O)(c1ccccc1)C(Cl)C(=O)OCCc1ccccc1. The average Bonchev–Trinajstić information content (AvgIpc) is 2.55. The van der Waals surface area contributed by atoms with Gasteiger partial charge in [0, 0.05) is 6.42 Å². The largest absolute Gasteiger partial charge is 0.464 e. The molecular formula is C18H19ClO3. The van der Waals surface area contributed by atoms with Crippen molar-refractivity contribution in [2.24, 2.45) is 0 Å². The second-order valence-corrected chi connectivity index (χ2v) is 5.72. The van der Waals surface area contributed by atoms with Crippen molar-refractivity contribution in [1.82, 2.24) is 0 Å². The van der Waals surface area contributed by atoms with Gasteiger partial charge in [0.05, 0.1) is 6.61 Å². The molecule has 22 heavy (non-hydrogen) atoms. The van der Waals surface area contributed by atoms with E-state index in [2.05, 4.69) is 0 Å². The third-order valence-corrected chi connectivity index (χ3v) is 4.14. The molecule has 0 aliphatic carbocycles. The van der Waals surface area contributed by atoms with Crippen molar-refractivity contribution in [2.45, 2.75) is 24.3 Å². The predicted molar refractivity (Wildman–Crippen MR) is 86.8 cm³/mol. The predicted octanol–water partition coefficient (Wildman–Crippen LogP) is 3.29. The van der Waals surface area contributed by atoms with E-state index in [4.69, 9.17) is 16.3 Å². The van der Waals surface area contributed by atoms with Crippen LogP contribution in [0.1, 0.15) is 18.1 Å². The Balaban J connectivity index is 1.91. The van der Waals surface area contributed by atoms with Crippen LogP contribution in [0.2, 0.25) is 0 Å². The molecular weight excluding hydrogens is 300 g/mol. The van der Waals surface area contributed by atoms with Gasteiger partial charge in [-0.25, -0.2) is 0 Å². The van der Waals surface area contributed by atoms with Crippen LogP contribution in [0.15, 0.2) is 60.7 Å². The normalized spacial score (nSPS) is 14.9. The molecule has 2 atom stereocenters. The topological polar surface area (TPSA) is 46.5 Å². The number of aliphatic hydroxyl groups is 1. The van der Waals surface area contributed by atoms with Crippen molar-refractivity contribution in [3.63, 3.8) is 0 Å². The van der Waals surface area contributed by atoms with Crippen LogP contribution in [0, 0.1) is 0 Å². The monoisotopic (exact) mass is 318 g/mol. The van der Waals surface area contributed by atoms with Crippen molar-refractivity contribution < 1.29 is 14.6 Å². The van der Waals surface area contributed by atoms with Gasteiger partial charge >= 0.3 is 5.97 Å². The number of alkyl halides is 1. The summed E-state index contributed by atoms with van der Waals surface area (Å²) in [4.78, 5) is 12.0. The molecule has 2 rings (SSSR count). The number of halogens is 1. The first-order valence-corrected chi connectivity index (χ1v) is 7.58. The molecule has 3 nitrogen and oxygen atoms in total. The zero-order chi connectivity index (χ0) is 16.0. The van der Waals surface area contributed by atoms with Crippen LogP contribution >= 0.6 is 11.6 Å². The molecule has 0 aliphatic rings. The Morgan fingerprint density at radius 3 is 2.27 bits per heavy atom. The van der Waals surface area contributed by atoms with E-state index in [0.29, 0.717) is 12.0 Å². The van der Waals surface area contributed by atoms with Gasteiger partial charge in [-0.1, -0.05) is 60.7 Å². The molecule has 4 heteroatoms. The van der Waals surface area contributed by atoms with E-state index < -0.39 is 16.9 Å². The number of benzene rings is 2. The molecule has 116 valence electrons. The molecule has 0 aromatic heterocycles. The van der Waals surface area contributed by atoms with Gasteiger partial charge in [-0.15, -0.1) is 11.6 Å². The van der Waals surface area contributed by atoms with Crippen LogP contribution in [0.3, 0.4) is 0 Å². The first kappa shape index (κ1) is 16.5. The second-order valence-electron chi connectivity index (χ2n) is 5.28. The molecule has 0 saturated heterocycles. The molecule has 0 aliphatic heterocycles. The number of hydrogen-bond donors (Lipinski definition) is 1. The summed E-state index contributed by atoms with van der Waals surface area (Å²) in [5, 5.41) is 9.35. The molecule has 0 radical (unpaired) electrons. The van der Waals surface area contributed by atoms with Gasteiger partial charge in [0.15, 0.2) is 5.38 Å². The lowest BCUT2D eigenvalue weighted by molar-refractivity contribution is -0.148. The van der Waals surface area contributed by atoms with Gasteiger partial charge in [0.25, 0.3) is 0 Å². The van der Waals surface area contributed by atoms with Gasteiger partial charge in [0.1, 0.15) is 5.60 Å². The summed E-state index contributed by atoms with van der Waals surface area (Å²) in [5.41, 5.74) is 0.179. The van der Waals surface area contributed by atoms with Crippen LogP contribution < -0.4 is 0 Å². The fourth-order valence-electron chi connectivity index (χ4n) is 2.14. The fourth-order valence-corrected chi connectivity index (χ4v) is 2.33. The van der Waals surface area contributed by atoms with Gasteiger partial charge in [0.2, 0.25) is 0 Å². The van der Waals surface area contributed by atoms with Crippen LogP contribution in [-0.4, -0.2) is 23.1 Å². The van der Waals surface area contributed by atoms with Crippen molar-refractivity contribution in [1.29, 1.82) is 0 Å². The zero-order valence-corrected chi connectivity index (χ0v) is 13.2. The molecule has 0 bridgehead atoms. The van der Waals surface area contributed by atoms with E-state index in [9.17, 15) is 9.90 Å². The summed E-state index contributed by atoms with van der Waals surface area (Å²) in [5.74, 6) is -0.619. The van der Waals surface area contributed by atoms with E-state index >= 15 is 0 Å². The molecule has 0 amide bonds. The van der Waals surface area contributed by atoms with Gasteiger partial charge in [-0.2, -0.15) is 0 Å². The highest BCUT2D eigenvalue weighted by Gasteiger charge is 2.38. The number of carbonyl (C=O) groups excluding carboxylic acids is 1. The summed E-state index contributed by atoms with van der Waals surface area (Å²) in [7, 11) is 0.